The van der Waals surface area contributed by atoms with E-state index >= 15 is 0 Å². The number of carbonyl (C=O) groups excluding carboxylic acids is 1. The van der Waals surface area contributed by atoms with Crippen molar-refractivity contribution < 1.29 is 13.9 Å². The van der Waals surface area contributed by atoms with Gasteiger partial charge in [-0.1, -0.05) is 48.7 Å². The number of aromatic nitrogens is 3. The Bertz CT molecular complexity index is 855. The molecule has 1 heterocycles. The first-order valence-corrected chi connectivity index (χ1v) is 11.0. The van der Waals surface area contributed by atoms with Crippen LogP contribution in [0.3, 0.4) is 0 Å². The largest absolute Gasteiger partial charge is 0.486 e. The van der Waals surface area contributed by atoms with Crippen LogP contribution in [0.15, 0.2) is 36.0 Å². The van der Waals surface area contributed by atoms with Gasteiger partial charge in [-0.3, -0.25) is 9.36 Å². The van der Waals surface area contributed by atoms with Crippen LogP contribution < -0.4 is 10.1 Å². The quantitative estimate of drug-likeness (QED) is 0.465. The van der Waals surface area contributed by atoms with E-state index < -0.39 is 5.82 Å². The van der Waals surface area contributed by atoms with Gasteiger partial charge in [0.2, 0.25) is 5.91 Å². The Hall–Kier alpha value is -2.06. The zero-order valence-electron chi connectivity index (χ0n) is 16.1. The lowest BCUT2D eigenvalue weighted by Crippen LogP contribution is -2.37. The minimum atomic E-state index is -0.501. The van der Waals surface area contributed by atoms with Gasteiger partial charge in [-0.05, 0) is 25.0 Å². The van der Waals surface area contributed by atoms with Gasteiger partial charge in [-0.25, -0.2) is 4.39 Å². The number of hydrogen-bond donors (Lipinski definition) is 1. The Morgan fingerprint density at radius 2 is 2.17 bits per heavy atom. The number of nitrogens with zero attached hydrogens (tertiary/aromatic N) is 3. The summed E-state index contributed by atoms with van der Waals surface area (Å²) in [5, 5.41) is 12.1. The standard InChI is InChI=1S/C20H24ClFN4O2S/c1-2-10-26-18(12-28-15-8-9-17(22)16(21)11-15)24-25-20(26)29-13-19(27)23-14-6-4-3-5-7-14/h2,8-9,11,14H,1,3-7,10,12-13H2,(H,23,27). The van der Waals surface area contributed by atoms with Crippen LogP contribution in [0, 0.1) is 5.82 Å². The molecule has 9 heteroatoms. The van der Waals surface area contributed by atoms with Crippen LogP contribution in [-0.2, 0) is 17.9 Å². The number of thioether (sulfide) groups is 1. The first kappa shape index (κ1) is 21.6. The van der Waals surface area contributed by atoms with Gasteiger partial charge in [-0.2, -0.15) is 0 Å². The van der Waals surface area contributed by atoms with Crippen LogP contribution in [0.1, 0.15) is 37.9 Å². The molecule has 2 aromatic rings. The van der Waals surface area contributed by atoms with Gasteiger partial charge in [0.05, 0.1) is 10.8 Å². The van der Waals surface area contributed by atoms with Crippen molar-refractivity contribution in [1.29, 1.82) is 0 Å². The second-order valence-corrected chi connectivity index (χ2v) is 8.20. The molecule has 1 fully saturated rings. The van der Waals surface area contributed by atoms with Crippen molar-refractivity contribution in [1.82, 2.24) is 20.1 Å². The van der Waals surface area contributed by atoms with E-state index in [9.17, 15) is 9.18 Å². The van der Waals surface area contributed by atoms with Gasteiger partial charge >= 0.3 is 0 Å². The normalized spacial score (nSPS) is 14.6. The van der Waals surface area contributed by atoms with Crippen LogP contribution >= 0.6 is 23.4 Å². The van der Waals surface area contributed by atoms with Crippen LogP contribution in [0.2, 0.25) is 5.02 Å². The van der Waals surface area contributed by atoms with Crippen molar-refractivity contribution in [2.45, 2.75) is 56.5 Å². The average Bonchev–Trinajstić information content (AvgIpc) is 3.10. The van der Waals surface area contributed by atoms with E-state index in [1.807, 2.05) is 4.57 Å². The molecule has 0 bridgehead atoms. The molecule has 29 heavy (non-hydrogen) atoms. The third-order valence-electron chi connectivity index (χ3n) is 4.67. The number of amides is 1. The first-order chi connectivity index (χ1) is 14.1. The number of benzene rings is 1. The molecular weight excluding hydrogens is 415 g/mol. The Balaban J connectivity index is 1.57. The lowest BCUT2D eigenvalue weighted by atomic mass is 9.95. The Morgan fingerprint density at radius 3 is 2.90 bits per heavy atom. The summed E-state index contributed by atoms with van der Waals surface area (Å²) in [6.07, 6.45) is 7.44. The SMILES string of the molecule is C=CCn1c(COc2ccc(F)c(Cl)c2)nnc1SCC(=O)NC1CCCCC1. The average molecular weight is 439 g/mol. The predicted molar refractivity (Wildman–Crippen MR) is 112 cm³/mol. The van der Waals surface area contributed by atoms with E-state index in [0.29, 0.717) is 23.3 Å². The Labute approximate surface area is 178 Å². The summed E-state index contributed by atoms with van der Waals surface area (Å²) in [5.41, 5.74) is 0. The fourth-order valence-electron chi connectivity index (χ4n) is 3.21. The van der Waals surface area contributed by atoms with Gasteiger partial charge in [0, 0.05) is 18.7 Å². The van der Waals surface area contributed by atoms with E-state index in [1.165, 1.54) is 49.2 Å². The van der Waals surface area contributed by atoms with Crippen molar-refractivity contribution in [3.63, 3.8) is 0 Å². The number of ether oxygens (including phenoxy) is 1. The molecule has 0 saturated heterocycles. The van der Waals surface area contributed by atoms with Crippen molar-refractivity contribution in [3.05, 3.63) is 47.5 Å². The van der Waals surface area contributed by atoms with Crippen LogP contribution in [0.25, 0.3) is 0 Å². The molecule has 1 N–H and O–H groups in total. The Kier molecular flexibility index (Phi) is 7.94. The number of hydrogen-bond acceptors (Lipinski definition) is 5. The third-order valence-corrected chi connectivity index (χ3v) is 5.92. The van der Waals surface area contributed by atoms with E-state index in [2.05, 4.69) is 22.1 Å². The van der Waals surface area contributed by atoms with E-state index in [4.69, 9.17) is 16.3 Å². The first-order valence-electron chi connectivity index (χ1n) is 9.60. The van der Waals surface area contributed by atoms with Gasteiger partial charge in [-0.15, -0.1) is 16.8 Å². The van der Waals surface area contributed by atoms with Gasteiger partial charge in [0.1, 0.15) is 18.2 Å². The highest BCUT2D eigenvalue weighted by Gasteiger charge is 2.18. The summed E-state index contributed by atoms with van der Waals surface area (Å²) in [6.45, 7) is 4.39. The van der Waals surface area contributed by atoms with Crippen molar-refractivity contribution in [3.8, 4) is 5.75 Å². The fourth-order valence-corrected chi connectivity index (χ4v) is 4.15. The molecular formula is C20H24ClFN4O2S. The highest BCUT2D eigenvalue weighted by atomic mass is 35.5. The molecule has 3 rings (SSSR count). The van der Waals surface area contributed by atoms with Crippen molar-refractivity contribution in [2.24, 2.45) is 0 Å². The molecule has 1 saturated carbocycles. The summed E-state index contributed by atoms with van der Waals surface area (Å²) < 4.78 is 20.8. The highest BCUT2D eigenvalue weighted by molar-refractivity contribution is 7.99. The smallest absolute Gasteiger partial charge is 0.230 e. The second kappa shape index (κ2) is 10.6. The molecule has 1 aromatic heterocycles. The molecule has 0 radical (unpaired) electrons. The number of carbonyl (C=O) groups is 1. The predicted octanol–water partition coefficient (Wildman–Crippen LogP) is 4.38. The van der Waals surface area contributed by atoms with Crippen LogP contribution in [0.4, 0.5) is 4.39 Å². The molecule has 0 unspecified atom stereocenters. The summed E-state index contributed by atoms with van der Waals surface area (Å²) in [6, 6.07) is 4.45. The number of nitrogens with one attached hydrogen (secondary N) is 1. The lowest BCUT2D eigenvalue weighted by Gasteiger charge is -2.22. The topological polar surface area (TPSA) is 69.0 Å². The Morgan fingerprint density at radius 1 is 1.38 bits per heavy atom. The van der Waals surface area contributed by atoms with Crippen LogP contribution in [0.5, 0.6) is 5.75 Å². The van der Waals surface area contributed by atoms with E-state index in [1.54, 1.807) is 6.08 Å². The van der Waals surface area contributed by atoms with Crippen LogP contribution in [-0.4, -0.2) is 32.5 Å². The number of allylic oxidation sites excluding steroid dienone is 1. The molecule has 1 aromatic carbocycles. The third kappa shape index (κ3) is 6.21. The van der Waals surface area contributed by atoms with Gasteiger partial charge in [0.15, 0.2) is 11.0 Å². The molecule has 0 aliphatic heterocycles. The number of halogens is 2. The van der Waals surface area contributed by atoms with Crippen molar-refractivity contribution >= 4 is 29.3 Å². The van der Waals surface area contributed by atoms with E-state index in [0.717, 1.165) is 12.8 Å². The molecule has 0 spiro atoms. The highest BCUT2D eigenvalue weighted by Crippen LogP contribution is 2.23. The maximum absolute atomic E-state index is 13.3. The number of rotatable bonds is 9. The minimum absolute atomic E-state index is 0.00437. The zero-order chi connectivity index (χ0) is 20.6. The maximum atomic E-state index is 13.3. The molecule has 1 aliphatic carbocycles. The summed E-state index contributed by atoms with van der Waals surface area (Å²) in [4.78, 5) is 12.3. The molecule has 6 nitrogen and oxygen atoms in total. The summed E-state index contributed by atoms with van der Waals surface area (Å²) in [7, 11) is 0. The fraction of sp³-hybridized carbons (Fsp3) is 0.450. The molecule has 1 amide bonds. The monoisotopic (exact) mass is 438 g/mol. The lowest BCUT2D eigenvalue weighted by molar-refractivity contribution is -0.119. The minimum Gasteiger partial charge on any atom is -0.486 e. The van der Waals surface area contributed by atoms with Gasteiger partial charge in [0.25, 0.3) is 0 Å². The molecule has 1 aliphatic rings. The summed E-state index contributed by atoms with van der Waals surface area (Å²) >= 11 is 7.11. The maximum Gasteiger partial charge on any atom is 0.230 e. The summed E-state index contributed by atoms with van der Waals surface area (Å²) in [5.74, 6) is 0.805. The zero-order valence-corrected chi connectivity index (χ0v) is 17.6. The molecule has 0 atom stereocenters. The van der Waals surface area contributed by atoms with E-state index in [-0.39, 0.29) is 29.3 Å². The van der Waals surface area contributed by atoms with Crippen molar-refractivity contribution in [2.75, 3.05) is 5.75 Å². The second-order valence-electron chi connectivity index (χ2n) is 6.85. The van der Waals surface area contributed by atoms with Gasteiger partial charge < -0.3 is 10.1 Å². The molecule has 156 valence electrons.